The van der Waals surface area contributed by atoms with Crippen molar-refractivity contribution in [3.8, 4) is 0 Å². The first-order chi connectivity index (χ1) is 9.67. The minimum atomic E-state index is -0.144. The van der Waals surface area contributed by atoms with Gasteiger partial charge in [0.1, 0.15) is 0 Å². The number of pyridine rings is 1. The molecule has 0 spiro atoms. The van der Waals surface area contributed by atoms with Crippen LogP contribution < -0.4 is 4.90 Å². The monoisotopic (exact) mass is 292 g/mol. The predicted octanol–water partition coefficient (Wildman–Crippen LogP) is 2.47. The van der Waals surface area contributed by atoms with Crippen LogP contribution in [0, 0.1) is 0 Å². The molecule has 1 N–H and O–H groups in total. The molecular formula is C15H17ClN2O2. The number of ether oxygens (including phenoxy) is 1. The molecule has 1 aliphatic rings. The fourth-order valence-electron chi connectivity index (χ4n) is 2.72. The van der Waals surface area contributed by atoms with E-state index in [4.69, 9.17) is 16.3 Å². The molecule has 1 aromatic carbocycles. The van der Waals surface area contributed by atoms with Gasteiger partial charge in [-0.15, -0.1) is 0 Å². The lowest BCUT2D eigenvalue weighted by Gasteiger charge is -2.38. The van der Waals surface area contributed by atoms with Gasteiger partial charge in [-0.2, -0.15) is 0 Å². The Labute approximate surface area is 122 Å². The lowest BCUT2D eigenvalue weighted by Crippen LogP contribution is -2.48. The van der Waals surface area contributed by atoms with E-state index in [9.17, 15) is 5.11 Å². The zero-order valence-electron chi connectivity index (χ0n) is 11.3. The zero-order valence-corrected chi connectivity index (χ0v) is 12.0. The summed E-state index contributed by atoms with van der Waals surface area (Å²) in [6, 6.07) is 7.74. The van der Waals surface area contributed by atoms with Gasteiger partial charge < -0.3 is 14.7 Å². The minimum absolute atomic E-state index is 0.0374. The summed E-state index contributed by atoms with van der Waals surface area (Å²) in [5.41, 5.74) is 2.00. The fourth-order valence-corrected chi connectivity index (χ4v) is 2.89. The maximum Gasteiger partial charge on any atom is 0.0984 e. The number of aromatic nitrogens is 1. The highest BCUT2D eigenvalue weighted by molar-refractivity contribution is 6.31. The van der Waals surface area contributed by atoms with Crippen LogP contribution in [0.2, 0.25) is 5.02 Å². The van der Waals surface area contributed by atoms with E-state index >= 15 is 0 Å². The van der Waals surface area contributed by atoms with E-state index in [2.05, 4.69) is 9.88 Å². The molecule has 1 aliphatic heterocycles. The number of nitrogens with zero attached hydrogens (tertiary/aromatic N) is 2. The molecule has 1 aromatic heterocycles. The third-order valence-corrected chi connectivity index (χ3v) is 3.79. The SMILES string of the molecule is CC1CN(c2ccnc3cc(Cl)ccc23)CC(CO)O1. The fraction of sp³-hybridized carbons (Fsp3) is 0.400. The van der Waals surface area contributed by atoms with Crippen molar-refractivity contribution in [2.75, 3.05) is 24.6 Å². The standard InChI is InChI=1S/C15H17ClN2O2/c1-10-7-18(8-12(9-19)20-10)15-4-5-17-14-6-11(16)2-3-13(14)15/h2-6,10,12,19H,7-9H2,1H3. The van der Waals surface area contributed by atoms with Gasteiger partial charge in [0.2, 0.25) is 0 Å². The highest BCUT2D eigenvalue weighted by atomic mass is 35.5. The molecule has 5 heteroatoms. The van der Waals surface area contributed by atoms with Crippen molar-refractivity contribution >= 4 is 28.2 Å². The lowest BCUT2D eigenvalue weighted by atomic mass is 10.1. The number of anilines is 1. The average Bonchev–Trinajstić information content (AvgIpc) is 2.45. The Bertz CT molecular complexity index is 620. The van der Waals surface area contributed by atoms with Gasteiger partial charge in [-0.25, -0.2) is 0 Å². The van der Waals surface area contributed by atoms with Gasteiger partial charge in [0.05, 0.1) is 24.3 Å². The first-order valence-electron chi connectivity index (χ1n) is 6.73. The van der Waals surface area contributed by atoms with Crippen molar-refractivity contribution in [2.45, 2.75) is 19.1 Å². The third kappa shape index (κ3) is 2.59. The summed E-state index contributed by atoms with van der Waals surface area (Å²) < 4.78 is 5.69. The van der Waals surface area contributed by atoms with Gasteiger partial charge in [0, 0.05) is 35.4 Å². The first-order valence-corrected chi connectivity index (χ1v) is 7.10. The maximum atomic E-state index is 9.34. The van der Waals surface area contributed by atoms with Crippen LogP contribution in [0.3, 0.4) is 0 Å². The van der Waals surface area contributed by atoms with Crippen LogP contribution in [-0.4, -0.2) is 42.0 Å². The normalized spacial score (nSPS) is 23.2. The number of hydrogen-bond acceptors (Lipinski definition) is 4. The van der Waals surface area contributed by atoms with E-state index in [1.54, 1.807) is 6.20 Å². The summed E-state index contributed by atoms with van der Waals surface area (Å²) in [5.74, 6) is 0. The minimum Gasteiger partial charge on any atom is -0.394 e. The molecule has 2 unspecified atom stereocenters. The molecule has 0 saturated carbocycles. The summed E-state index contributed by atoms with van der Waals surface area (Å²) in [6.45, 7) is 3.55. The second kappa shape index (κ2) is 5.56. The van der Waals surface area contributed by atoms with Crippen LogP contribution >= 0.6 is 11.6 Å². The van der Waals surface area contributed by atoms with Gasteiger partial charge in [-0.3, -0.25) is 4.98 Å². The Morgan fingerprint density at radius 3 is 3.05 bits per heavy atom. The molecule has 0 radical (unpaired) electrons. The molecule has 3 rings (SSSR count). The number of halogens is 1. The van der Waals surface area contributed by atoms with Crippen molar-refractivity contribution in [3.63, 3.8) is 0 Å². The first kappa shape index (κ1) is 13.6. The van der Waals surface area contributed by atoms with Crippen molar-refractivity contribution < 1.29 is 9.84 Å². The molecule has 0 aliphatic carbocycles. The number of fused-ring (bicyclic) bond motifs is 1. The number of aliphatic hydroxyl groups excluding tert-OH is 1. The van der Waals surface area contributed by atoms with Crippen LogP contribution in [0.25, 0.3) is 10.9 Å². The largest absolute Gasteiger partial charge is 0.394 e. The molecule has 4 nitrogen and oxygen atoms in total. The van der Waals surface area contributed by atoms with Crippen LogP contribution in [0.15, 0.2) is 30.5 Å². The molecule has 20 heavy (non-hydrogen) atoms. The van der Waals surface area contributed by atoms with Crippen molar-refractivity contribution in [1.29, 1.82) is 0 Å². The summed E-state index contributed by atoms with van der Waals surface area (Å²) in [6.07, 6.45) is 1.74. The molecule has 0 amide bonds. The molecule has 1 fully saturated rings. The number of morpholine rings is 1. The van der Waals surface area contributed by atoms with E-state index in [0.29, 0.717) is 11.6 Å². The van der Waals surface area contributed by atoms with Crippen molar-refractivity contribution in [2.24, 2.45) is 0 Å². The Kier molecular flexibility index (Phi) is 3.78. The van der Waals surface area contributed by atoms with Crippen molar-refractivity contribution in [3.05, 3.63) is 35.5 Å². The Balaban J connectivity index is 2.01. The molecule has 106 valence electrons. The molecule has 2 aromatic rings. The number of rotatable bonds is 2. The van der Waals surface area contributed by atoms with Crippen LogP contribution in [0.1, 0.15) is 6.92 Å². The second-order valence-electron chi connectivity index (χ2n) is 5.15. The molecule has 1 saturated heterocycles. The van der Waals surface area contributed by atoms with Crippen LogP contribution in [-0.2, 0) is 4.74 Å². The Morgan fingerprint density at radius 1 is 1.40 bits per heavy atom. The van der Waals surface area contributed by atoms with Gasteiger partial charge >= 0.3 is 0 Å². The molecule has 2 atom stereocenters. The summed E-state index contributed by atoms with van der Waals surface area (Å²) >= 11 is 6.02. The van der Waals surface area contributed by atoms with E-state index in [1.807, 2.05) is 31.2 Å². The lowest BCUT2D eigenvalue weighted by molar-refractivity contribution is -0.0420. The zero-order chi connectivity index (χ0) is 14.1. The second-order valence-corrected chi connectivity index (χ2v) is 5.58. The summed E-state index contributed by atoms with van der Waals surface area (Å²) in [4.78, 5) is 6.61. The number of hydrogen-bond donors (Lipinski definition) is 1. The summed E-state index contributed by atoms with van der Waals surface area (Å²) in [5, 5.41) is 11.1. The van der Waals surface area contributed by atoms with Crippen LogP contribution in [0.4, 0.5) is 5.69 Å². The third-order valence-electron chi connectivity index (χ3n) is 3.55. The van der Waals surface area contributed by atoms with E-state index in [1.165, 1.54) is 0 Å². The Hall–Kier alpha value is -1.36. The topological polar surface area (TPSA) is 45.6 Å². The maximum absolute atomic E-state index is 9.34. The van der Waals surface area contributed by atoms with E-state index in [-0.39, 0.29) is 18.8 Å². The van der Waals surface area contributed by atoms with Crippen molar-refractivity contribution in [1.82, 2.24) is 4.98 Å². The van der Waals surface area contributed by atoms with Gasteiger partial charge in [-0.05, 0) is 31.2 Å². The Morgan fingerprint density at radius 2 is 2.25 bits per heavy atom. The van der Waals surface area contributed by atoms with E-state index in [0.717, 1.165) is 23.1 Å². The van der Waals surface area contributed by atoms with Gasteiger partial charge in [0.25, 0.3) is 0 Å². The molecular weight excluding hydrogens is 276 g/mol. The average molecular weight is 293 g/mol. The molecule has 0 bridgehead atoms. The summed E-state index contributed by atoms with van der Waals surface area (Å²) in [7, 11) is 0. The highest BCUT2D eigenvalue weighted by Gasteiger charge is 2.25. The van der Waals surface area contributed by atoms with Gasteiger partial charge in [-0.1, -0.05) is 11.6 Å². The van der Waals surface area contributed by atoms with E-state index < -0.39 is 0 Å². The highest BCUT2D eigenvalue weighted by Crippen LogP contribution is 2.29. The number of benzene rings is 1. The smallest absolute Gasteiger partial charge is 0.0984 e. The quantitative estimate of drug-likeness (QED) is 0.924. The number of aliphatic hydroxyl groups is 1. The predicted molar refractivity (Wildman–Crippen MR) is 80.4 cm³/mol. The molecule has 2 heterocycles. The van der Waals surface area contributed by atoms with Crippen LogP contribution in [0.5, 0.6) is 0 Å². The van der Waals surface area contributed by atoms with Gasteiger partial charge in [0.15, 0.2) is 0 Å².